The second-order valence-electron chi connectivity index (χ2n) is 11.1. The molecule has 4 heterocycles. The molecule has 12 heteroatoms. The minimum absolute atomic E-state index is 0.0377. The summed E-state index contributed by atoms with van der Waals surface area (Å²) in [5, 5.41) is 12.8. The van der Waals surface area contributed by atoms with Gasteiger partial charge in [-0.05, 0) is 74.3 Å². The molecule has 3 aromatic rings. The molecule has 214 valence electrons. The number of carbonyl (C=O) groups excluding carboxylic acids is 1. The maximum absolute atomic E-state index is 13.8. The first kappa shape index (κ1) is 27.0. The van der Waals surface area contributed by atoms with Crippen LogP contribution in [0.2, 0.25) is 0 Å². The molecule has 2 saturated heterocycles. The zero-order chi connectivity index (χ0) is 27.9. The summed E-state index contributed by atoms with van der Waals surface area (Å²) in [6.07, 6.45) is 6.00. The zero-order valence-electron chi connectivity index (χ0n) is 22.2. The molecule has 2 aliphatic heterocycles. The highest BCUT2D eigenvalue weighted by atomic mass is 32.2. The van der Waals surface area contributed by atoms with Gasteiger partial charge in [0.05, 0.1) is 29.0 Å². The van der Waals surface area contributed by atoms with Crippen LogP contribution in [0.25, 0.3) is 11.0 Å². The Balaban J connectivity index is 1.31. The molecule has 1 saturated carbocycles. The van der Waals surface area contributed by atoms with Gasteiger partial charge in [0, 0.05) is 38.1 Å². The lowest BCUT2D eigenvalue weighted by molar-refractivity contribution is 0.102. The van der Waals surface area contributed by atoms with E-state index in [-0.39, 0.29) is 18.0 Å². The van der Waals surface area contributed by atoms with E-state index in [1.807, 2.05) is 4.90 Å². The number of sulfonamides is 1. The molecule has 3 fully saturated rings. The largest absolute Gasteiger partial charge is 0.460 e. The van der Waals surface area contributed by atoms with Gasteiger partial charge in [0.25, 0.3) is 5.91 Å². The highest BCUT2D eigenvalue weighted by Gasteiger charge is 2.44. The molecule has 3 N–H and O–H groups in total. The number of anilines is 3. The van der Waals surface area contributed by atoms with Crippen LogP contribution in [0.5, 0.6) is 0 Å². The number of amides is 1. The first-order valence-electron chi connectivity index (χ1n) is 13.9. The molecule has 0 atom stereocenters. The molecule has 0 radical (unpaired) electrons. The summed E-state index contributed by atoms with van der Waals surface area (Å²) in [7, 11) is -3.86. The number of furan rings is 1. The Morgan fingerprint density at radius 3 is 2.52 bits per heavy atom. The average molecular weight is 572 g/mol. The van der Waals surface area contributed by atoms with E-state index in [0.29, 0.717) is 59.8 Å². The van der Waals surface area contributed by atoms with Gasteiger partial charge < -0.3 is 24.6 Å². The van der Waals surface area contributed by atoms with E-state index in [1.165, 1.54) is 25.0 Å². The average Bonchev–Trinajstić information content (AvgIpc) is 3.53. The van der Waals surface area contributed by atoms with Crippen LogP contribution in [-0.4, -0.2) is 69.9 Å². The van der Waals surface area contributed by atoms with Gasteiger partial charge in [-0.15, -0.1) is 0 Å². The van der Waals surface area contributed by atoms with E-state index >= 15 is 0 Å². The fourth-order valence-electron chi connectivity index (χ4n) is 5.78. The predicted molar refractivity (Wildman–Crippen MR) is 150 cm³/mol. The van der Waals surface area contributed by atoms with E-state index in [1.54, 1.807) is 24.5 Å². The monoisotopic (exact) mass is 571 g/mol. The van der Waals surface area contributed by atoms with Crippen LogP contribution in [0.3, 0.4) is 0 Å². The number of nitrogens with zero attached hydrogens (tertiary/aromatic N) is 3. The Labute approximate surface area is 232 Å². The van der Waals surface area contributed by atoms with E-state index in [4.69, 9.17) is 9.52 Å². The van der Waals surface area contributed by atoms with Crippen molar-refractivity contribution in [3.8, 4) is 0 Å². The second-order valence-corrected chi connectivity index (χ2v) is 12.8. The minimum Gasteiger partial charge on any atom is -0.460 e. The molecule has 1 amide bonds. The Morgan fingerprint density at radius 1 is 1.07 bits per heavy atom. The first-order valence-corrected chi connectivity index (χ1v) is 15.3. The molecule has 10 nitrogen and oxygen atoms in total. The standard InChI is InChI=1S/C28H34FN5O5S/c29-20-3-11-34(12-4-20)26-25-19(5-16-39-25)17-24(31-26)32-27(36)22-2-1-21(40(37,38)30-10-15-35)18-23(22)33-13-8-28(6-7-28)9-14-33/h1-2,5,16-18,20,30,35H,3-4,6-15H2,(H,31,32,36). The van der Waals surface area contributed by atoms with Gasteiger partial charge in [-0.1, -0.05) is 0 Å². The number of piperidine rings is 2. The van der Waals surface area contributed by atoms with Crippen molar-refractivity contribution in [3.05, 3.63) is 42.2 Å². The minimum atomic E-state index is -3.86. The van der Waals surface area contributed by atoms with Crippen LogP contribution in [0.15, 0.2) is 45.9 Å². The number of nitrogens with one attached hydrogen (secondary N) is 2. The first-order chi connectivity index (χ1) is 19.3. The summed E-state index contributed by atoms with van der Waals surface area (Å²) in [5.41, 5.74) is 1.89. The number of aliphatic hydroxyl groups excluding tert-OH is 1. The topological polar surface area (TPSA) is 128 Å². The maximum Gasteiger partial charge on any atom is 0.258 e. The van der Waals surface area contributed by atoms with E-state index in [9.17, 15) is 17.6 Å². The normalized spacial score (nSPS) is 19.4. The van der Waals surface area contributed by atoms with Crippen molar-refractivity contribution in [1.29, 1.82) is 0 Å². The SMILES string of the molecule is O=C(Nc1cc2ccoc2c(N2CCC(F)CC2)n1)c1ccc(S(=O)(=O)NCCO)cc1N1CCC2(CC1)CC2. The Morgan fingerprint density at radius 2 is 1.82 bits per heavy atom. The number of benzene rings is 1. The van der Waals surface area contributed by atoms with Crippen molar-refractivity contribution in [3.63, 3.8) is 0 Å². The molecule has 0 unspecified atom stereocenters. The smallest absolute Gasteiger partial charge is 0.258 e. The van der Waals surface area contributed by atoms with Crippen LogP contribution in [0.4, 0.5) is 21.7 Å². The lowest BCUT2D eigenvalue weighted by Gasteiger charge is -2.35. The Hall–Kier alpha value is -3.22. The molecule has 6 rings (SSSR count). The van der Waals surface area contributed by atoms with Gasteiger partial charge in [0.15, 0.2) is 11.4 Å². The number of hydrogen-bond acceptors (Lipinski definition) is 8. The number of carbonyl (C=O) groups is 1. The van der Waals surface area contributed by atoms with Gasteiger partial charge in [0.2, 0.25) is 10.0 Å². The van der Waals surface area contributed by atoms with Crippen LogP contribution < -0.4 is 19.8 Å². The number of fused-ring (bicyclic) bond motifs is 1. The number of halogens is 1. The molecule has 0 bridgehead atoms. The van der Waals surface area contributed by atoms with E-state index in [0.717, 1.165) is 31.3 Å². The van der Waals surface area contributed by atoms with Crippen LogP contribution in [0, 0.1) is 5.41 Å². The number of pyridine rings is 1. The molecular weight excluding hydrogens is 537 g/mol. The summed E-state index contributed by atoms with van der Waals surface area (Å²) in [4.78, 5) is 22.5. The van der Waals surface area contributed by atoms with Crippen molar-refractivity contribution in [2.24, 2.45) is 5.41 Å². The number of aliphatic hydroxyl groups is 1. The van der Waals surface area contributed by atoms with Crippen molar-refractivity contribution in [1.82, 2.24) is 9.71 Å². The third-order valence-electron chi connectivity index (χ3n) is 8.43. The van der Waals surface area contributed by atoms with Crippen LogP contribution in [-0.2, 0) is 10.0 Å². The number of aromatic nitrogens is 1. The fraction of sp³-hybridized carbons (Fsp3) is 0.500. The number of hydrogen-bond donors (Lipinski definition) is 3. The Bertz CT molecular complexity index is 1500. The lowest BCUT2D eigenvalue weighted by atomic mass is 9.93. The summed E-state index contributed by atoms with van der Waals surface area (Å²) < 4.78 is 47.5. The molecule has 1 aromatic carbocycles. The molecular formula is C28H34FN5O5S. The third-order valence-corrected chi connectivity index (χ3v) is 9.89. The number of alkyl halides is 1. The summed E-state index contributed by atoms with van der Waals surface area (Å²) in [6.45, 7) is 2.07. The van der Waals surface area contributed by atoms with Crippen LogP contribution >= 0.6 is 0 Å². The second kappa shape index (κ2) is 10.6. The predicted octanol–water partition coefficient (Wildman–Crippen LogP) is 3.67. The van der Waals surface area contributed by atoms with Gasteiger partial charge in [-0.2, -0.15) is 0 Å². The summed E-state index contributed by atoms with van der Waals surface area (Å²) >= 11 is 0. The third kappa shape index (κ3) is 5.39. The van der Waals surface area contributed by atoms with Gasteiger partial charge >= 0.3 is 0 Å². The van der Waals surface area contributed by atoms with Crippen molar-refractivity contribution < 1.29 is 27.1 Å². The molecule has 1 aliphatic carbocycles. The number of rotatable bonds is 8. The van der Waals surface area contributed by atoms with E-state index in [2.05, 4.69) is 19.9 Å². The summed E-state index contributed by atoms with van der Waals surface area (Å²) in [5.74, 6) is 0.490. The Kier molecular flexibility index (Phi) is 7.18. The fourth-order valence-corrected chi connectivity index (χ4v) is 6.82. The van der Waals surface area contributed by atoms with Crippen molar-refractivity contribution in [2.45, 2.75) is 49.6 Å². The van der Waals surface area contributed by atoms with Gasteiger partial charge in [0.1, 0.15) is 12.0 Å². The quantitative estimate of drug-likeness (QED) is 0.374. The lowest BCUT2D eigenvalue weighted by Crippen LogP contribution is -2.36. The van der Waals surface area contributed by atoms with Crippen molar-refractivity contribution in [2.75, 3.05) is 54.4 Å². The van der Waals surface area contributed by atoms with E-state index < -0.39 is 22.1 Å². The van der Waals surface area contributed by atoms with Gasteiger partial charge in [-0.3, -0.25) is 4.79 Å². The molecule has 3 aliphatic rings. The van der Waals surface area contributed by atoms with Crippen molar-refractivity contribution >= 4 is 44.2 Å². The highest BCUT2D eigenvalue weighted by Crippen LogP contribution is 2.54. The summed E-state index contributed by atoms with van der Waals surface area (Å²) in [6, 6.07) is 8.01. The van der Waals surface area contributed by atoms with Gasteiger partial charge in [-0.25, -0.2) is 22.5 Å². The maximum atomic E-state index is 13.8. The zero-order valence-corrected chi connectivity index (χ0v) is 23.1. The molecule has 40 heavy (non-hydrogen) atoms. The van der Waals surface area contributed by atoms with Crippen LogP contribution in [0.1, 0.15) is 48.9 Å². The molecule has 2 aromatic heterocycles. The molecule has 1 spiro atoms. The highest BCUT2D eigenvalue weighted by molar-refractivity contribution is 7.89.